The van der Waals surface area contributed by atoms with Crippen molar-refractivity contribution >= 4 is 8.32 Å². The van der Waals surface area contributed by atoms with E-state index in [1.54, 1.807) is 0 Å². The Morgan fingerprint density at radius 1 is 1.20 bits per heavy atom. The summed E-state index contributed by atoms with van der Waals surface area (Å²) < 4.78 is 17.6. The van der Waals surface area contributed by atoms with Crippen molar-refractivity contribution < 1.29 is 13.6 Å². The fraction of sp³-hybridized carbons (Fsp3) is 0.625. The van der Waals surface area contributed by atoms with E-state index in [4.69, 9.17) is 13.6 Å². The number of rotatable bonds is 5. The molecule has 1 aliphatic carbocycles. The maximum Gasteiger partial charge on any atom is 0.284 e. The summed E-state index contributed by atoms with van der Waals surface area (Å²) in [6, 6.07) is 3.84. The van der Waals surface area contributed by atoms with Gasteiger partial charge >= 0.3 is 0 Å². The molecule has 0 bridgehead atoms. The number of furan rings is 1. The van der Waals surface area contributed by atoms with Gasteiger partial charge in [0.2, 0.25) is 0 Å². The lowest BCUT2D eigenvalue weighted by Gasteiger charge is -2.35. The summed E-state index contributed by atoms with van der Waals surface area (Å²) in [5.41, 5.74) is 0. The molecule has 0 spiro atoms. The van der Waals surface area contributed by atoms with Crippen LogP contribution < -0.4 is 4.74 Å². The molecule has 0 N–H and O–H groups in total. The van der Waals surface area contributed by atoms with E-state index in [9.17, 15) is 0 Å². The van der Waals surface area contributed by atoms with Gasteiger partial charge in [0, 0.05) is 18.9 Å². The van der Waals surface area contributed by atoms with Crippen molar-refractivity contribution in [3.63, 3.8) is 0 Å². The molecule has 0 aromatic carbocycles. The highest BCUT2D eigenvalue weighted by molar-refractivity contribution is 6.74. The highest BCUT2D eigenvalue weighted by Crippen LogP contribution is 2.37. The summed E-state index contributed by atoms with van der Waals surface area (Å²) in [6.45, 7) is 11.7. The maximum atomic E-state index is 6.14. The number of hydrogen-bond acceptors (Lipinski definition) is 3. The third kappa shape index (κ3) is 3.76. The molecule has 0 amide bonds. The fourth-order valence-corrected chi connectivity index (χ4v) is 2.76. The highest BCUT2D eigenvalue weighted by atomic mass is 28.4. The van der Waals surface area contributed by atoms with Gasteiger partial charge in [-0.05, 0) is 24.2 Å². The van der Waals surface area contributed by atoms with Crippen molar-refractivity contribution in [3.8, 4) is 5.95 Å². The molecule has 3 nitrogen and oxygen atoms in total. The van der Waals surface area contributed by atoms with Gasteiger partial charge in [-0.3, -0.25) is 0 Å². The Morgan fingerprint density at radius 2 is 1.85 bits per heavy atom. The molecular formula is C16H26O3Si. The number of hydrogen-bond donors (Lipinski definition) is 0. The van der Waals surface area contributed by atoms with Crippen molar-refractivity contribution in [2.75, 3.05) is 0 Å². The molecular weight excluding hydrogens is 268 g/mol. The molecule has 1 aliphatic rings. The van der Waals surface area contributed by atoms with E-state index in [-0.39, 0.29) is 11.1 Å². The van der Waals surface area contributed by atoms with Crippen molar-refractivity contribution in [1.82, 2.24) is 0 Å². The molecule has 1 aromatic heterocycles. The zero-order chi connectivity index (χ0) is 14.8. The van der Waals surface area contributed by atoms with Crippen LogP contribution in [-0.4, -0.2) is 14.4 Å². The first-order valence-electron chi connectivity index (χ1n) is 7.32. The predicted octanol–water partition coefficient (Wildman–Crippen LogP) is 4.90. The lowest BCUT2D eigenvalue weighted by atomic mass is 10.2. The minimum Gasteiger partial charge on any atom is -0.461 e. The second kappa shape index (κ2) is 5.78. The highest BCUT2D eigenvalue weighted by Gasteiger charge is 2.37. The summed E-state index contributed by atoms with van der Waals surface area (Å²) in [7, 11) is -1.73. The van der Waals surface area contributed by atoms with Crippen LogP contribution in [0.3, 0.4) is 0 Å². The van der Waals surface area contributed by atoms with E-state index >= 15 is 0 Å². The van der Waals surface area contributed by atoms with Crippen LogP contribution in [-0.2, 0) is 11.0 Å². The predicted molar refractivity (Wildman–Crippen MR) is 83.5 cm³/mol. The normalized spacial score (nSPS) is 16.9. The molecule has 112 valence electrons. The standard InChI is InChI=1S/C16H26O3Si/c1-16(2,3)20(4,5)17-12-14-10-11-15(19-14)18-13-8-6-7-9-13/h6-7,10-11,13H,8-9,12H2,1-5H3. The quantitative estimate of drug-likeness (QED) is 0.572. The Morgan fingerprint density at radius 3 is 2.45 bits per heavy atom. The van der Waals surface area contributed by atoms with Crippen molar-refractivity contribution in [1.29, 1.82) is 0 Å². The Kier molecular flexibility index (Phi) is 4.45. The second-order valence-electron chi connectivity index (χ2n) is 6.95. The van der Waals surface area contributed by atoms with Gasteiger partial charge in [0.25, 0.3) is 5.95 Å². The number of ether oxygens (including phenoxy) is 1. The molecule has 20 heavy (non-hydrogen) atoms. The molecule has 0 fully saturated rings. The lowest BCUT2D eigenvalue weighted by Crippen LogP contribution is -2.40. The molecule has 4 heteroatoms. The third-order valence-electron chi connectivity index (χ3n) is 4.27. The summed E-state index contributed by atoms with van der Waals surface area (Å²) in [4.78, 5) is 0. The largest absolute Gasteiger partial charge is 0.461 e. The zero-order valence-electron chi connectivity index (χ0n) is 13.2. The van der Waals surface area contributed by atoms with E-state index in [0.29, 0.717) is 12.6 Å². The van der Waals surface area contributed by atoms with Gasteiger partial charge in [0.05, 0.1) is 6.61 Å². The van der Waals surface area contributed by atoms with Crippen LogP contribution in [0, 0.1) is 0 Å². The first-order valence-corrected chi connectivity index (χ1v) is 10.2. The van der Waals surface area contributed by atoms with E-state index in [1.165, 1.54) is 0 Å². The van der Waals surface area contributed by atoms with Crippen LogP contribution in [0.5, 0.6) is 5.95 Å². The summed E-state index contributed by atoms with van der Waals surface area (Å²) >= 11 is 0. The molecule has 0 atom stereocenters. The van der Waals surface area contributed by atoms with E-state index in [1.807, 2.05) is 12.1 Å². The Balaban J connectivity index is 1.86. The molecule has 0 unspecified atom stereocenters. The SMILES string of the molecule is CC(C)(C)[Si](C)(C)OCc1ccc(OC2CC=CC2)o1. The molecule has 1 heterocycles. The van der Waals surface area contributed by atoms with Gasteiger partial charge in [-0.15, -0.1) is 0 Å². The maximum absolute atomic E-state index is 6.14. The second-order valence-corrected chi connectivity index (χ2v) is 11.8. The Labute approximate surface area is 123 Å². The zero-order valence-corrected chi connectivity index (χ0v) is 14.2. The van der Waals surface area contributed by atoms with Crippen molar-refractivity contribution in [2.45, 2.75) is 64.5 Å². The summed E-state index contributed by atoms with van der Waals surface area (Å²) in [5.74, 6) is 1.45. The topological polar surface area (TPSA) is 31.6 Å². The monoisotopic (exact) mass is 294 g/mol. The molecule has 0 saturated heterocycles. The van der Waals surface area contributed by atoms with Crippen LogP contribution in [0.15, 0.2) is 28.7 Å². The van der Waals surface area contributed by atoms with Gasteiger partial charge in [-0.25, -0.2) is 0 Å². The van der Waals surface area contributed by atoms with Gasteiger partial charge in [0.1, 0.15) is 11.9 Å². The third-order valence-corrected chi connectivity index (χ3v) is 8.74. The minimum absolute atomic E-state index is 0.217. The van der Waals surface area contributed by atoms with Crippen LogP contribution in [0.2, 0.25) is 18.1 Å². The lowest BCUT2D eigenvalue weighted by molar-refractivity contribution is 0.154. The minimum atomic E-state index is -1.73. The van der Waals surface area contributed by atoms with Crippen molar-refractivity contribution in [3.05, 3.63) is 30.0 Å². The Hall–Kier alpha value is -1.00. The average Bonchev–Trinajstić information content (AvgIpc) is 2.97. The van der Waals surface area contributed by atoms with Crippen LogP contribution >= 0.6 is 0 Å². The van der Waals surface area contributed by atoms with Crippen LogP contribution in [0.4, 0.5) is 0 Å². The van der Waals surface area contributed by atoms with Gasteiger partial charge < -0.3 is 13.6 Å². The van der Waals surface area contributed by atoms with Gasteiger partial charge in [0.15, 0.2) is 8.32 Å². The van der Waals surface area contributed by atoms with Crippen LogP contribution in [0.1, 0.15) is 39.4 Å². The first kappa shape index (κ1) is 15.4. The van der Waals surface area contributed by atoms with Crippen LogP contribution in [0.25, 0.3) is 0 Å². The molecule has 0 saturated carbocycles. The van der Waals surface area contributed by atoms with E-state index < -0.39 is 8.32 Å². The van der Waals surface area contributed by atoms with E-state index in [2.05, 4.69) is 46.0 Å². The summed E-state index contributed by atoms with van der Waals surface area (Å²) in [6.07, 6.45) is 6.47. The molecule has 0 radical (unpaired) electrons. The fourth-order valence-electron chi connectivity index (χ4n) is 1.82. The molecule has 1 aromatic rings. The average molecular weight is 294 g/mol. The Bertz CT molecular complexity index is 460. The summed E-state index contributed by atoms with van der Waals surface area (Å²) in [5, 5.41) is 0.217. The first-order chi connectivity index (χ1) is 9.28. The van der Waals surface area contributed by atoms with Gasteiger partial charge in [-0.1, -0.05) is 32.9 Å². The van der Waals surface area contributed by atoms with Crippen molar-refractivity contribution in [2.24, 2.45) is 0 Å². The van der Waals surface area contributed by atoms with E-state index in [0.717, 1.165) is 18.6 Å². The van der Waals surface area contributed by atoms with Gasteiger partial charge in [-0.2, -0.15) is 0 Å². The molecule has 2 rings (SSSR count). The molecule has 0 aliphatic heterocycles. The smallest absolute Gasteiger partial charge is 0.284 e.